The number of nitrogens with zero attached hydrogens (tertiary/aromatic N) is 4. The molecule has 43 heavy (non-hydrogen) atoms. The Morgan fingerprint density at radius 1 is 1.05 bits per heavy atom. The average molecular weight is 586 g/mol. The Kier molecular flexibility index (Phi) is 10.2. The summed E-state index contributed by atoms with van der Waals surface area (Å²) >= 11 is 0. The van der Waals surface area contributed by atoms with E-state index in [-0.39, 0.29) is 17.7 Å². The maximum atomic E-state index is 13.1. The number of nitrogens with one attached hydrogen (secondary N) is 1. The van der Waals surface area contributed by atoms with Crippen molar-refractivity contribution < 1.29 is 19.1 Å². The predicted octanol–water partition coefficient (Wildman–Crippen LogP) is 4.62. The molecule has 1 aliphatic heterocycles. The van der Waals surface area contributed by atoms with Gasteiger partial charge in [-0.05, 0) is 82.5 Å². The van der Waals surface area contributed by atoms with E-state index < -0.39 is 5.41 Å². The zero-order chi connectivity index (χ0) is 31.1. The number of aromatic nitrogens is 1. The number of anilines is 2. The van der Waals surface area contributed by atoms with Gasteiger partial charge >= 0.3 is 0 Å². The Labute approximate surface area is 254 Å². The first-order valence-electron chi connectivity index (χ1n) is 14.9. The molecule has 1 aliphatic rings. The molecule has 0 atom stereocenters. The number of carbonyl (C=O) groups excluding carboxylic acids is 3. The van der Waals surface area contributed by atoms with Gasteiger partial charge in [-0.25, -0.2) is 0 Å². The van der Waals surface area contributed by atoms with Crippen LogP contribution in [0.15, 0.2) is 60.8 Å². The molecule has 2 aromatic carbocycles. The number of fused-ring (bicyclic) bond motifs is 1. The normalized spacial score (nSPS) is 14.4. The molecule has 2 heterocycles. The van der Waals surface area contributed by atoms with Crippen molar-refractivity contribution in [2.75, 3.05) is 50.1 Å². The SMILES string of the molecule is CCN1C(=O)C(C)(C)C(=O)N(C)c2cc(OCCCc3cc(CNCCN(C)C(=O)c4cccc(C)c4)ccn3)ccc21. The second kappa shape index (κ2) is 13.8. The van der Waals surface area contributed by atoms with Crippen molar-refractivity contribution in [3.8, 4) is 5.75 Å². The number of likely N-dealkylation sites (N-methyl/N-ethyl adjacent to an activating group) is 1. The summed E-state index contributed by atoms with van der Waals surface area (Å²) in [4.78, 5) is 48.3. The van der Waals surface area contributed by atoms with E-state index in [9.17, 15) is 14.4 Å². The second-order valence-corrected chi connectivity index (χ2v) is 11.6. The molecule has 0 bridgehead atoms. The number of hydrogen-bond acceptors (Lipinski definition) is 6. The fraction of sp³-hybridized carbons (Fsp3) is 0.412. The number of hydrogen-bond donors (Lipinski definition) is 1. The van der Waals surface area contributed by atoms with Gasteiger partial charge in [-0.1, -0.05) is 17.7 Å². The Morgan fingerprint density at radius 3 is 2.58 bits per heavy atom. The zero-order valence-electron chi connectivity index (χ0n) is 26.1. The van der Waals surface area contributed by atoms with Crippen molar-refractivity contribution in [1.29, 1.82) is 0 Å². The van der Waals surface area contributed by atoms with E-state index in [0.29, 0.717) is 55.5 Å². The number of amides is 3. The molecule has 0 spiro atoms. The van der Waals surface area contributed by atoms with E-state index in [4.69, 9.17) is 4.74 Å². The van der Waals surface area contributed by atoms with E-state index in [1.54, 1.807) is 35.6 Å². The molecule has 0 saturated heterocycles. The molecule has 9 heteroatoms. The monoisotopic (exact) mass is 585 g/mol. The number of rotatable bonds is 12. The minimum Gasteiger partial charge on any atom is -0.494 e. The third-order valence-electron chi connectivity index (χ3n) is 7.83. The third-order valence-corrected chi connectivity index (χ3v) is 7.83. The van der Waals surface area contributed by atoms with Gasteiger partial charge in [0.25, 0.3) is 5.91 Å². The molecule has 228 valence electrons. The Bertz CT molecular complexity index is 1470. The first kappa shape index (κ1) is 31.7. The van der Waals surface area contributed by atoms with Gasteiger partial charge in [-0.2, -0.15) is 0 Å². The third kappa shape index (κ3) is 7.40. The Hall–Kier alpha value is -4.24. The van der Waals surface area contributed by atoms with Crippen molar-refractivity contribution >= 4 is 29.1 Å². The highest BCUT2D eigenvalue weighted by Crippen LogP contribution is 2.40. The van der Waals surface area contributed by atoms with Gasteiger partial charge in [0.15, 0.2) is 0 Å². The first-order valence-corrected chi connectivity index (χ1v) is 14.9. The van der Waals surface area contributed by atoms with Crippen LogP contribution in [0.5, 0.6) is 5.75 Å². The highest BCUT2D eigenvalue weighted by atomic mass is 16.5. The molecular formula is C34H43N5O4. The standard InChI is InChI=1S/C34H43N5O4/c1-7-39-29-14-13-28(22-30(29)38(6)32(41)34(3,4)33(39)42)43-19-9-12-27-21-25(15-16-36-27)23-35-17-18-37(5)31(40)26-11-8-10-24(2)20-26/h8,10-11,13-16,20-22,35H,7,9,12,17-19,23H2,1-6H3. The molecule has 3 amide bonds. The molecular weight excluding hydrogens is 542 g/mol. The van der Waals surface area contributed by atoms with Crippen molar-refractivity contribution in [2.45, 2.75) is 47.1 Å². The van der Waals surface area contributed by atoms with Crippen LogP contribution in [0.1, 0.15) is 54.4 Å². The quantitative estimate of drug-likeness (QED) is 0.246. The minimum atomic E-state index is -1.14. The summed E-state index contributed by atoms with van der Waals surface area (Å²) in [5.74, 6) is 0.227. The number of pyridine rings is 1. The molecule has 1 aromatic heterocycles. The molecule has 0 unspecified atom stereocenters. The summed E-state index contributed by atoms with van der Waals surface area (Å²) in [5, 5.41) is 3.42. The fourth-order valence-corrected chi connectivity index (χ4v) is 5.27. The van der Waals surface area contributed by atoms with Gasteiger partial charge in [-0.15, -0.1) is 0 Å². The molecule has 0 fully saturated rings. The summed E-state index contributed by atoms with van der Waals surface area (Å²) in [5.41, 5.74) is 4.13. The van der Waals surface area contributed by atoms with Gasteiger partial charge in [0.2, 0.25) is 11.8 Å². The Balaban J connectivity index is 1.25. The van der Waals surface area contributed by atoms with Crippen LogP contribution in [0.2, 0.25) is 0 Å². The lowest BCUT2D eigenvalue weighted by atomic mass is 9.90. The zero-order valence-corrected chi connectivity index (χ0v) is 26.1. The van der Waals surface area contributed by atoms with Crippen LogP contribution in [-0.2, 0) is 22.6 Å². The second-order valence-electron chi connectivity index (χ2n) is 11.6. The minimum absolute atomic E-state index is 0.0206. The molecule has 3 aromatic rings. The van der Waals surface area contributed by atoms with Crippen LogP contribution in [0.3, 0.4) is 0 Å². The van der Waals surface area contributed by atoms with Gasteiger partial charge in [-0.3, -0.25) is 19.4 Å². The molecule has 0 aliphatic carbocycles. The molecule has 0 radical (unpaired) electrons. The van der Waals surface area contributed by atoms with E-state index in [1.165, 1.54) is 0 Å². The van der Waals surface area contributed by atoms with Crippen molar-refractivity contribution in [3.63, 3.8) is 0 Å². The van der Waals surface area contributed by atoms with Crippen LogP contribution < -0.4 is 19.9 Å². The molecule has 9 nitrogen and oxygen atoms in total. The fourth-order valence-electron chi connectivity index (χ4n) is 5.27. The van der Waals surface area contributed by atoms with Crippen LogP contribution in [0, 0.1) is 12.3 Å². The highest BCUT2D eigenvalue weighted by Gasteiger charge is 2.45. The maximum Gasteiger partial charge on any atom is 0.253 e. The molecule has 1 N–H and O–H groups in total. The topological polar surface area (TPSA) is 95.1 Å². The highest BCUT2D eigenvalue weighted by molar-refractivity contribution is 6.20. The van der Waals surface area contributed by atoms with Crippen molar-refractivity contribution in [2.24, 2.45) is 5.41 Å². The summed E-state index contributed by atoms with van der Waals surface area (Å²) < 4.78 is 6.04. The number of ether oxygens (including phenoxy) is 1. The Morgan fingerprint density at radius 2 is 1.84 bits per heavy atom. The largest absolute Gasteiger partial charge is 0.494 e. The summed E-state index contributed by atoms with van der Waals surface area (Å²) in [6, 6.07) is 17.3. The van der Waals surface area contributed by atoms with Crippen LogP contribution in [0.25, 0.3) is 0 Å². The maximum absolute atomic E-state index is 13.1. The van der Waals surface area contributed by atoms with Crippen LogP contribution in [-0.4, -0.2) is 67.9 Å². The van der Waals surface area contributed by atoms with Gasteiger partial charge in [0.05, 0.1) is 18.0 Å². The smallest absolute Gasteiger partial charge is 0.253 e. The lowest BCUT2D eigenvalue weighted by molar-refractivity contribution is -0.137. The van der Waals surface area contributed by atoms with Crippen LogP contribution >= 0.6 is 0 Å². The van der Waals surface area contributed by atoms with E-state index >= 15 is 0 Å². The van der Waals surface area contributed by atoms with Crippen molar-refractivity contribution in [3.05, 3.63) is 83.2 Å². The lowest BCUT2D eigenvalue weighted by Crippen LogP contribution is -2.47. The summed E-state index contributed by atoms with van der Waals surface area (Å²) in [6.45, 7) is 10.2. The van der Waals surface area contributed by atoms with Crippen LogP contribution in [0.4, 0.5) is 11.4 Å². The number of aryl methyl sites for hydroxylation is 2. The van der Waals surface area contributed by atoms with E-state index in [1.807, 2.05) is 75.6 Å². The average Bonchev–Trinajstić information content (AvgIpc) is 3.05. The lowest BCUT2D eigenvalue weighted by Gasteiger charge is -2.27. The number of carbonyl (C=O) groups is 3. The molecule has 4 rings (SSSR count). The number of benzene rings is 2. The first-order chi connectivity index (χ1) is 20.5. The van der Waals surface area contributed by atoms with Gasteiger partial charge < -0.3 is 24.8 Å². The van der Waals surface area contributed by atoms with Crippen molar-refractivity contribution in [1.82, 2.24) is 15.2 Å². The molecule has 0 saturated carbocycles. The van der Waals surface area contributed by atoms with Gasteiger partial charge in [0, 0.05) is 63.8 Å². The van der Waals surface area contributed by atoms with E-state index in [2.05, 4.69) is 16.4 Å². The van der Waals surface area contributed by atoms with Gasteiger partial charge in [0.1, 0.15) is 11.2 Å². The predicted molar refractivity (Wildman–Crippen MR) is 170 cm³/mol. The van der Waals surface area contributed by atoms with E-state index in [0.717, 1.165) is 29.7 Å². The summed E-state index contributed by atoms with van der Waals surface area (Å²) in [7, 11) is 3.53. The summed E-state index contributed by atoms with van der Waals surface area (Å²) in [6.07, 6.45) is 3.35.